The van der Waals surface area contributed by atoms with Crippen molar-refractivity contribution < 1.29 is 27.3 Å². The molecule has 2 N–H and O–H groups in total. The topological polar surface area (TPSA) is 40.5 Å². The summed E-state index contributed by atoms with van der Waals surface area (Å²) in [4.78, 5) is 0. The van der Waals surface area contributed by atoms with Crippen LogP contribution in [-0.4, -0.2) is 21.9 Å². The van der Waals surface area contributed by atoms with Gasteiger partial charge in [0.25, 0.3) is 0 Å². The van der Waals surface area contributed by atoms with E-state index in [0.29, 0.717) is 6.42 Å². The molecule has 0 amide bonds. The van der Waals surface area contributed by atoms with Crippen molar-refractivity contribution in [2.75, 3.05) is 0 Å². The molecule has 0 unspecified atom stereocenters. The summed E-state index contributed by atoms with van der Waals surface area (Å²) in [6, 6.07) is 20.8. The number of hydrogen-bond acceptors (Lipinski definition) is 2. The summed E-state index contributed by atoms with van der Waals surface area (Å²) in [5, 5.41) is 23.8. The third-order valence-corrected chi connectivity index (χ3v) is 6.85. The van der Waals surface area contributed by atoms with Gasteiger partial charge in [-0.05, 0) is 80.8 Å². The third-order valence-electron chi connectivity index (χ3n) is 6.85. The van der Waals surface area contributed by atoms with Crippen LogP contribution >= 0.6 is 0 Å². The number of rotatable bonds is 5. The summed E-state index contributed by atoms with van der Waals surface area (Å²) in [5.41, 5.74) is 1.24. The second-order valence-electron chi connectivity index (χ2n) is 8.44. The Bertz CT molecular complexity index is 813. The second-order valence-corrected chi connectivity index (χ2v) is 8.44. The minimum absolute atomic E-state index is 0. The standard InChI is InChI=1S/C28H26O2.Fe/c29-27(22-15-7-8-16-22)26-25(21-13-5-2-6-14-21)24(20-11-3-1-4-12-20)19-28(26,30)23-17-9-10-18-23;/h1-18,24-27,29-30H,19H2;/q;+2/t24-,25+,26+,27+,28-;/m1./s1. The Kier molecular flexibility index (Phi) is 7.28. The van der Waals surface area contributed by atoms with Gasteiger partial charge < -0.3 is 10.2 Å². The molecule has 0 aromatic heterocycles. The van der Waals surface area contributed by atoms with Crippen molar-refractivity contribution in [3.8, 4) is 0 Å². The Hall–Kier alpha value is -1.12. The molecular formula is C28H26FeO2+2. The summed E-state index contributed by atoms with van der Waals surface area (Å²) >= 11 is 0. The molecule has 3 fully saturated rings. The zero-order valence-corrected chi connectivity index (χ0v) is 18.3. The molecule has 0 spiro atoms. The van der Waals surface area contributed by atoms with Gasteiger partial charge in [0.2, 0.25) is 0 Å². The summed E-state index contributed by atoms with van der Waals surface area (Å²) in [5.74, 6) is 1.47. The van der Waals surface area contributed by atoms with Crippen molar-refractivity contribution in [3.63, 3.8) is 0 Å². The number of benzene rings is 2. The average Bonchev–Trinajstić information content (AvgIpc) is 3.55. The first-order chi connectivity index (χ1) is 14.7. The summed E-state index contributed by atoms with van der Waals surface area (Å²) in [7, 11) is 0. The summed E-state index contributed by atoms with van der Waals surface area (Å²) < 4.78 is 0. The third kappa shape index (κ3) is 4.27. The van der Waals surface area contributed by atoms with E-state index < -0.39 is 11.7 Å². The number of aliphatic hydroxyl groups is 2. The fraction of sp³-hybridized carbons (Fsp3) is 0.214. The van der Waals surface area contributed by atoms with Crippen LogP contribution in [0.5, 0.6) is 0 Å². The van der Waals surface area contributed by atoms with E-state index in [0.717, 1.165) is 17.4 Å². The fourth-order valence-corrected chi connectivity index (χ4v) is 5.51. The summed E-state index contributed by atoms with van der Waals surface area (Å²) in [6.45, 7) is 0. The molecule has 2 aromatic rings. The number of hydrogen-bond donors (Lipinski definition) is 2. The van der Waals surface area contributed by atoms with E-state index >= 15 is 0 Å². The predicted molar refractivity (Wildman–Crippen MR) is 118 cm³/mol. The monoisotopic (exact) mass is 450 g/mol. The van der Waals surface area contributed by atoms with Gasteiger partial charge in [0.15, 0.2) is 0 Å². The first kappa shape index (κ1) is 23.1. The summed E-state index contributed by atoms with van der Waals surface area (Å²) in [6.07, 6.45) is 15.5. The van der Waals surface area contributed by atoms with Gasteiger partial charge in [-0.15, -0.1) is 0 Å². The zero-order chi connectivity index (χ0) is 20.6. The van der Waals surface area contributed by atoms with Crippen molar-refractivity contribution in [3.05, 3.63) is 135 Å². The maximum Gasteiger partial charge on any atom is 2.00 e. The molecule has 3 aliphatic carbocycles. The molecule has 3 heteroatoms. The van der Waals surface area contributed by atoms with E-state index in [1.165, 1.54) is 5.56 Å². The van der Waals surface area contributed by atoms with E-state index in [2.05, 4.69) is 36.4 Å². The molecule has 0 heterocycles. The van der Waals surface area contributed by atoms with Crippen molar-refractivity contribution in [1.82, 2.24) is 0 Å². The van der Waals surface area contributed by atoms with E-state index in [1.54, 1.807) is 0 Å². The first-order valence-electron chi connectivity index (χ1n) is 10.6. The van der Waals surface area contributed by atoms with Crippen LogP contribution in [0.2, 0.25) is 0 Å². The quantitative estimate of drug-likeness (QED) is 0.660. The van der Waals surface area contributed by atoms with Crippen LogP contribution in [0, 0.1) is 69.1 Å². The van der Waals surface area contributed by atoms with Crippen molar-refractivity contribution in [2.24, 2.45) is 5.92 Å². The van der Waals surface area contributed by atoms with Crippen molar-refractivity contribution >= 4 is 0 Å². The molecule has 5 rings (SSSR count). The van der Waals surface area contributed by atoms with Gasteiger partial charge in [0.05, 0.1) is 11.7 Å². The molecule has 0 saturated heterocycles. The molecule has 0 bridgehead atoms. The van der Waals surface area contributed by atoms with E-state index in [9.17, 15) is 10.2 Å². The van der Waals surface area contributed by atoms with Crippen LogP contribution in [0.1, 0.15) is 29.4 Å². The minimum Gasteiger partial charge on any atom is -0.392 e. The molecule has 2 aromatic carbocycles. The van der Waals surface area contributed by atoms with Gasteiger partial charge in [-0.3, -0.25) is 0 Å². The Morgan fingerprint density at radius 3 is 1.84 bits per heavy atom. The van der Waals surface area contributed by atoms with Crippen LogP contribution in [0.3, 0.4) is 0 Å². The van der Waals surface area contributed by atoms with Crippen LogP contribution in [0.15, 0.2) is 60.7 Å². The van der Waals surface area contributed by atoms with Gasteiger partial charge in [-0.2, -0.15) is 0 Å². The van der Waals surface area contributed by atoms with Crippen molar-refractivity contribution in [2.45, 2.75) is 30.0 Å². The van der Waals surface area contributed by atoms with Crippen LogP contribution in [0.4, 0.5) is 0 Å². The fourth-order valence-electron chi connectivity index (χ4n) is 5.51. The van der Waals surface area contributed by atoms with E-state index in [1.807, 2.05) is 75.6 Å². The van der Waals surface area contributed by atoms with Crippen LogP contribution < -0.4 is 0 Å². The van der Waals surface area contributed by atoms with Crippen LogP contribution in [-0.2, 0) is 17.1 Å². The van der Waals surface area contributed by atoms with E-state index in [4.69, 9.17) is 0 Å². The van der Waals surface area contributed by atoms with E-state index in [-0.39, 0.29) is 34.8 Å². The zero-order valence-electron chi connectivity index (χ0n) is 17.2. The van der Waals surface area contributed by atoms with Crippen molar-refractivity contribution in [1.29, 1.82) is 0 Å². The maximum absolute atomic E-state index is 12.2. The van der Waals surface area contributed by atoms with Gasteiger partial charge in [0.1, 0.15) is 0 Å². The normalized spacial score (nSPS) is 32.8. The van der Waals surface area contributed by atoms with Crippen LogP contribution in [0.25, 0.3) is 0 Å². The smallest absolute Gasteiger partial charge is 0.392 e. The van der Waals surface area contributed by atoms with Gasteiger partial charge in [0, 0.05) is 17.8 Å². The Morgan fingerprint density at radius 2 is 1.26 bits per heavy atom. The Balaban J connectivity index is 0.00000231. The molecule has 3 aliphatic rings. The Morgan fingerprint density at radius 1 is 0.742 bits per heavy atom. The Labute approximate surface area is 197 Å². The largest absolute Gasteiger partial charge is 2.00 e. The molecular weight excluding hydrogens is 424 g/mol. The SMILES string of the molecule is O[C@@H]([C]1[CH][CH][CH][CH]1)[C@@H]1[C@@H](c2ccccc2)[C@@H](c2ccccc2)C[C@@]1(O)[C]1[CH][CH][CH][CH]1.[Fe+2]. The predicted octanol–water partition coefficient (Wildman–Crippen LogP) is 4.47. The molecule has 10 radical (unpaired) electrons. The van der Waals surface area contributed by atoms with Gasteiger partial charge >= 0.3 is 17.1 Å². The molecule has 3 saturated carbocycles. The first-order valence-corrected chi connectivity index (χ1v) is 10.6. The number of aliphatic hydroxyl groups excluding tert-OH is 1. The van der Waals surface area contributed by atoms with Gasteiger partial charge in [-0.25, -0.2) is 0 Å². The average molecular weight is 450 g/mol. The molecule has 2 nitrogen and oxygen atoms in total. The second kappa shape index (κ2) is 9.79. The minimum atomic E-state index is -1.12. The maximum atomic E-state index is 12.2. The van der Waals surface area contributed by atoms with Gasteiger partial charge in [-0.1, -0.05) is 60.7 Å². The molecule has 5 atom stereocenters. The molecule has 31 heavy (non-hydrogen) atoms. The molecule has 156 valence electrons. The molecule has 0 aliphatic heterocycles.